The molecule has 0 aromatic heterocycles. The van der Waals surface area contributed by atoms with E-state index in [4.69, 9.17) is 0 Å². The molecule has 0 aliphatic rings. The molecule has 0 fully saturated rings. The average molecular weight is 229 g/mol. The molecule has 0 saturated heterocycles. The molecule has 92 valence electrons. The summed E-state index contributed by atoms with van der Waals surface area (Å²) in [5.74, 6) is 0. The normalized spacial score (nSPS) is 12.8. The predicted molar refractivity (Wildman–Crippen MR) is 76.1 cm³/mol. The fraction of sp³-hybridized carbons (Fsp3) is 0.375. The zero-order valence-corrected chi connectivity index (χ0v) is 11.6. The van der Waals surface area contributed by atoms with E-state index in [0.29, 0.717) is 0 Å². The first kappa shape index (κ1) is 13.6. The van der Waals surface area contributed by atoms with Gasteiger partial charge in [0.05, 0.1) is 0 Å². The van der Waals surface area contributed by atoms with E-state index in [1.54, 1.807) is 0 Å². The molecule has 0 N–H and O–H groups in total. The van der Waals surface area contributed by atoms with Gasteiger partial charge in [0, 0.05) is 14.1 Å². The molecule has 1 nitrogen and oxygen atoms in total. The molecule has 0 spiro atoms. The van der Waals surface area contributed by atoms with Crippen LogP contribution in [0.3, 0.4) is 0 Å². The van der Waals surface area contributed by atoms with Gasteiger partial charge in [-0.3, -0.25) is 0 Å². The van der Waals surface area contributed by atoms with Crippen LogP contribution >= 0.6 is 0 Å². The number of nitrogens with zero attached hydrogens (tertiary/aromatic N) is 1. The molecule has 1 rings (SSSR count). The van der Waals surface area contributed by atoms with Crippen LogP contribution in [0.1, 0.15) is 25.0 Å². The monoisotopic (exact) mass is 229 g/mol. The number of aryl methyl sites for hydroxylation is 1. The quantitative estimate of drug-likeness (QED) is 0.707. The third kappa shape index (κ3) is 4.48. The van der Waals surface area contributed by atoms with E-state index in [0.717, 1.165) is 6.42 Å². The Hall–Kier alpha value is -1.50. The van der Waals surface area contributed by atoms with E-state index >= 15 is 0 Å². The lowest BCUT2D eigenvalue weighted by atomic mass is 9.98. The standard InChI is InChI=1S/C16H23N/c1-13(10-11-17(4)5)15(3)12-16-9-7-6-8-14(16)2/h6-11H,12H2,1-5H3/b11-10-,15-13-. The maximum Gasteiger partial charge on any atom is 0.00556 e. The van der Waals surface area contributed by atoms with Crippen molar-refractivity contribution < 1.29 is 0 Å². The lowest BCUT2D eigenvalue weighted by molar-refractivity contribution is 0.563. The van der Waals surface area contributed by atoms with Crippen LogP contribution in [-0.2, 0) is 6.42 Å². The van der Waals surface area contributed by atoms with E-state index in [2.05, 4.69) is 62.2 Å². The van der Waals surface area contributed by atoms with Gasteiger partial charge < -0.3 is 4.90 Å². The van der Waals surface area contributed by atoms with Crippen LogP contribution in [-0.4, -0.2) is 19.0 Å². The van der Waals surface area contributed by atoms with E-state index in [1.807, 2.05) is 14.1 Å². The van der Waals surface area contributed by atoms with Gasteiger partial charge in [-0.2, -0.15) is 0 Å². The molecule has 1 heteroatoms. The van der Waals surface area contributed by atoms with Crippen molar-refractivity contribution in [3.05, 3.63) is 58.8 Å². The van der Waals surface area contributed by atoms with Gasteiger partial charge in [-0.05, 0) is 50.6 Å². The summed E-state index contributed by atoms with van der Waals surface area (Å²) in [7, 11) is 4.08. The Morgan fingerprint density at radius 2 is 1.82 bits per heavy atom. The molecular weight excluding hydrogens is 206 g/mol. The van der Waals surface area contributed by atoms with E-state index in [1.165, 1.54) is 22.3 Å². The Morgan fingerprint density at radius 3 is 2.41 bits per heavy atom. The second-order valence-corrected chi connectivity index (χ2v) is 4.85. The van der Waals surface area contributed by atoms with Crippen molar-refractivity contribution in [3.8, 4) is 0 Å². The van der Waals surface area contributed by atoms with E-state index in [9.17, 15) is 0 Å². The molecule has 0 amide bonds. The molecule has 0 radical (unpaired) electrons. The van der Waals surface area contributed by atoms with Crippen molar-refractivity contribution in [2.24, 2.45) is 0 Å². The number of benzene rings is 1. The molecule has 0 saturated carbocycles. The Balaban J connectivity index is 2.81. The number of hydrogen-bond donors (Lipinski definition) is 0. The van der Waals surface area contributed by atoms with Crippen molar-refractivity contribution in [1.82, 2.24) is 4.90 Å². The second-order valence-electron chi connectivity index (χ2n) is 4.85. The van der Waals surface area contributed by atoms with Crippen molar-refractivity contribution in [3.63, 3.8) is 0 Å². The smallest absolute Gasteiger partial charge is 0.00556 e. The maximum atomic E-state index is 2.21. The van der Waals surface area contributed by atoms with E-state index in [-0.39, 0.29) is 0 Å². The fourth-order valence-electron chi connectivity index (χ4n) is 1.64. The fourth-order valence-corrected chi connectivity index (χ4v) is 1.64. The third-order valence-corrected chi connectivity index (χ3v) is 3.01. The Kier molecular flexibility index (Phi) is 5.02. The molecule has 0 unspecified atom stereocenters. The molecule has 1 aromatic rings. The van der Waals surface area contributed by atoms with Crippen molar-refractivity contribution in [1.29, 1.82) is 0 Å². The minimum Gasteiger partial charge on any atom is -0.383 e. The lowest BCUT2D eigenvalue weighted by Crippen LogP contribution is -2.00. The van der Waals surface area contributed by atoms with Crippen LogP contribution in [0, 0.1) is 6.92 Å². The zero-order chi connectivity index (χ0) is 12.8. The molecule has 17 heavy (non-hydrogen) atoms. The summed E-state index contributed by atoms with van der Waals surface area (Å²) in [5.41, 5.74) is 5.57. The molecule has 0 heterocycles. The van der Waals surface area contributed by atoms with Gasteiger partial charge >= 0.3 is 0 Å². The summed E-state index contributed by atoms with van der Waals surface area (Å²) >= 11 is 0. The van der Waals surface area contributed by atoms with Gasteiger partial charge in [0.15, 0.2) is 0 Å². The minimum atomic E-state index is 1.04. The molecule has 0 atom stereocenters. The number of allylic oxidation sites excluding steroid dienone is 3. The summed E-state index contributed by atoms with van der Waals surface area (Å²) in [6.45, 7) is 6.56. The van der Waals surface area contributed by atoms with Crippen LogP contribution in [0.4, 0.5) is 0 Å². The second kappa shape index (κ2) is 6.29. The van der Waals surface area contributed by atoms with Gasteiger partial charge in [-0.15, -0.1) is 0 Å². The highest BCUT2D eigenvalue weighted by Crippen LogP contribution is 2.15. The average Bonchev–Trinajstić information content (AvgIpc) is 2.28. The zero-order valence-electron chi connectivity index (χ0n) is 11.6. The summed E-state index contributed by atoms with van der Waals surface area (Å²) in [6, 6.07) is 8.59. The van der Waals surface area contributed by atoms with Crippen LogP contribution in [0.25, 0.3) is 0 Å². The van der Waals surface area contributed by atoms with Crippen molar-refractivity contribution >= 4 is 0 Å². The predicted octanol–water partition coefficient (Wildman–Crippen LogP) is 3.95. The topological polar surface area (TPSA) is 3.24 Å². The van der Waals surface area contributed by atoms with Gasteiger partial charge in [-0.1, -0.05) is 35.4 Å². The van der Waals surface area contributed by atoms with E-state index < -0.39 is 0 Å². The van der Waals surface area contributed by atoms with Gasteiger partial charge in [0.1, 0.15) is 0 Å². The molecule has 0 aliphatic heterocycles. The summed E-state index contributed by atoms with van der Waals surface area (Å²) in [6.07, 6.45) is 5.31. The largest absolute Gasteiger partial charge is 0.383 e. The first-order valence-corrected chi connectivity index (χ1v) is 6.06. The summed E-state index contributed by atoms with van der Waals surface area (Å²) in [4.78, 5) is 2.06. The molecule has 1 aromatic carbocycles. The van der Waals surface area contributed by atoms with Crippen LogP contribution in [0.5, 0.6) is 0 Å². The highest BCUT2D eigenvalue weighted by molar-refractivity contribution is 5.32. The molecule has 0 aliphatic carbocycles. The minimum absolute atomic E-state index is 1.04. The highest BCUT2D eigenvalue weighted by Gasteiger charge is 2.00. The first-order chi connectivity index (χ1) is 8.00. The Labute approximate surface area is 105 Å². The third-order valence-electron chi connectivity index (χ3n) is 3.01. The Bertz CT molecular complexity index is 425. The number of rotatable bonds is 4. The SMILES string of the molecule is CC(/C=C\N(C)C)=C(\C)Cc1ccccc1C. The van der Waals surface area contributed by atoms with Crippen LogP contribution < -0.4 is 0 Å². The summed E-state index contributed by atoms with van der Waals surface area (Å²) < 4.78 is 0. The molecule has 0 bridgehead atoms. The number of hydrogen-bond acceptors (Lipinski definition) is 1. The van der Waals surface area contributed by atoms with Gasteiger partial charge in [0.25, 0.3) is 0 Å². The Morgan fingerprint density at radius 1 is 1.18 bits per heavy atom. The van der Waals surface area contributed by atoms with Gasteiger partial charge in [-0.25, -0.2) is 0 Å². The first-order valence-electron chi connectivity index (χ1n) is 6.06. The maximum absolute atomic E-state index is 2.21. The van der Waals surface area contributed by atoms with Gasteiger partial charge in [0.2, 0.25) is 0 Å². The van der Waals surface area contributed by atoms with Crippen LogP contribution in [0.15, 0.2) is 47.7 Å². The van der Waals surface area contributed by atoms with Crippen molar-refractivity contribution in [2.45, 2.75) is 27.2 Å². The van der Waals surface area contributed by atoms with Crippen LogP contribution in [0.2, 0.25) is 0 Å². The lowest BCUT2D eigenvalue weighted by Gasteiger charge is -2.09. The highest BCUT2D eigenvalue weighted by atomic mass is 15.0. The summed E-state index contributed by atoms with van der Waals surface area (Å²) in [5, 5.41) is 0. The van der Waals surface area contributed by atoms with Crippen molar-refractivity contribution in [2.75, 3.05) is 14.1 Å². The molecular formula is C16H23N.